The number of para-hydroxylation sites is 1. The number of halogens is 1. The summed E-state index contributed by atoms with van der Waals surface area (Å²) in [5, 5.41) is 9.09. The number of hydrogen-bond donors (Lipinski definition) is 1. The van der Waals surface area contributed by atoms with E-state index in [0.29, 0.717) is 30.6 Å². The minimum atomic E-state index is 0.0329. The molecule has 1 N–H and O–H groups in total. The molecule has 0 heterocycles. The molecule has 0 unspecified atom stereocenters. The quantitative estimate of drug-likeness (QED) is 0.761. The highest BCUT2D eigenvalue weighted by molar-refractivity contribution is 6.32. The van der Waals surface area contributed by atoms with Gasteiger partial charge in [0.05, 0.1) is 24.8 Å². The molecule has 0 atom stereocenters. The van der Waals surface area contributed by atoms with E-state index < -0.39 is 0 Å². The molecule has 0 fully saturated rings. The van der Waals surface area contributed by atoms with E-state index in [1.807, 2.05) is 19.1 Å². The third-order valence-electron chi connectivity index (χ3n) is 1.87. The minimum absolute atomic E-state index is 0.0329. The van der Waals surface area contributed by atoms with Crippen LogP contribution >= 0.6 is 11.6 Å². The van der Waals surface area contributed by atoms with Gasteiger partial charge in [-0.15, -0.1) is 0 Å². The lowest BCUT2D eigenvalue weighted by molar-refractivity contribution is 0.0704. The number of hydrogen-bond acceptors (Lipinski definition) is 3. The van der Waals surface area contributed by atoms with Crippen molar-refractivity contribution in [1.82, 2.24) is 0 Å². The molecule has 15 heavy (non-hydrogen) atoms. The lowest BCUT2D eigenvalue weighted by Crippen LogP contribution is -2.09. The van der Waals surface area contributed by atoms with E-state index in [4.69, 9.17) is 26.2 Å². The number of benzene rings is 1. The Labute approximate surface area is 94.6 Å². The van der Waals surface area contributed by atoms with Crippen molar-refractivity contribution in [2.24, 2.45) is 0 Å². The Hall–Kier alpha value is -0.770. The molecule has 0 aliphatic heterocycles. The Bertz CT molecular complexity index is 282. The van der Waals surface area contributed by atoms with E-state index in [0.717, 1.165) is 5.56 Å². The number of aliphatic hydroxyl groups is 1. The second kappa shape index (κ2) is 6.67. The van der Waals surface area contributed by atoms with Crippen molar-refractivity contribution in [2.45, 2.75) is 6.92 Å². The fraction of sp³-hybridized carbons (Fsp3) is 0.455. The molecule has 0 saturated heterocycles. The van der Waals surface area contributed by atoms with E-state index in [1.54, 1.807) is 6.07 Å². The van der Waals surface area contributed by atoms with Crippen molar-refractivity contribution < 1.29 is 14.6 Å². The predicted octanol–water partition coefficient (Wildman–Crippen LogP) is 2.04. The highest BCUT2D eigenvalue weighted by atomic mass is 35.5. The summed E-state index contributed by atoms with van der Waals surface area (Å²) in [4.78, 5) is 0. The van der Waals surface area contributed by atoms with E-state index in [2.05, 4.69) is 0 Å². The molecule has 1 aromatic carbocycles. The Morgan fingerprint density at radius 3 is 2.73 bits per heavy atom. The monoisotopic (exact) mass is 230 g/mol. The number of rotatable bonds is 6. The molecule has 1 aromatic rings. The molecule has 4 heteroatoms. The van der Waals surface area contributed by atoms with Crippen LogP contribution in [0.2, 0.25) is 5.02 Å². The second-order valence-corrected chi connectivity index (χ2v) is 3.48. The fourth-order valence-electron chi connectivity index (χ4n) is 1.17. The molecule has 0 bridgehead atoms. The maximum atomic E-state index is 8.48. The number of ether oxygens (including phenoxy) is 2. The van der Waals surface area contributed by atoms with Gasteiger partial charge in [0.15, 0.2) is 0 Å². The SMILES string of the molecule is Cc1cccc(Cl)c1OCCOCCO. The van der Waals surface area contributed by atoms with Gasteiger partial charge in [-0.2, -0.15) is 0 Å². The van der Waals surface area contributed by atoms with Crippen LogP contribution in [0, 0.1) is 6.92 Å². The van der Waals surface area contributed by atoms with Gasteiger partial charge in [0.25, 0.3) is 0 Å². The summed E-state index contributed by atoms with van der Waals surface area (Å²) in [6, 6.07) is 5.61. The topological polar surface area (TPSA) is 38.7 Å². The van der Waals surface area contributed by atoms with Crippen LogP contribution < -0.4 is 4.74 Å². The van der Waals surface area contributed by atoms with Crippen molar-refractivity contribution in [3.63, 3.8) is 0 Å². The first-order valence-electron chi connectivity index (χ1n) is 4.82. The summed E-state index contributed by atoms with van der Waals surface area (Å²) in [7, 11) is 0. The van der Waals surface area contributed by atoms with Gasteiger partial charge in [-0.05, 0) is 18.6 Å². The van der Waals surface area contributed by atoms with Crippen molar-refractivity contribution in [3.8, 4) is 5.75 Å². The van der Waals surface area contributed by atoms with Gasteiger partial charge in [-0.25, -0.2) is 0 Å². The highest BCUT2D eigenvalue weighted by Gasteiger charge is 2.03. The van der Waals surface area contributed by atoms with E-state index in [1.165, 1.54) is 0 Å². The van der Waals surface area contributed by atoms with Crippen LogP contribution in [0.5, 0.6) is 5.75 Å². The first-order valence-corrected chi connectivity index (χ1v) is 5.20. The van der Waals surface area contributed by atoms with Crippen molar-refractivity contribution in [2.75, 3.05) is 26.4 Å². The zero-order valence-electron chi connectivity index (χ0n) is 8.70. The standard InChI is InChI=1S/C11H15ClO3/c1-9-3-2-4-10(12)11(9)15-8-7-14-6-5-13/h2-4,13H,5-8H2,1H3. The molecule has 0 saturated carbocycles. The van der Waals surface area contributed by atoms with Gasteiger partial charge in [0.2, 0.25) is 0 Å². The van der Waals surface area contributed by atoms with Gasteiger partial charge in [-0.3, -0.25) is 0 Å². The van der Waals surface area contributed by atoms with Crippen LogP contribution in [0.3, 0.4) is 0 Å². The maximum absolute atomic E-state index is 8.48. The van der Waals surface area contributed by atoms with E-state index in [-0.39, 0.29) is 6.61 Å². The van der Waals surface area contributed by atoms with Crippen LogP contribution in [-0.2, 0) is 4.74 Å². The molecule has 0 aliphatic carbocycles. The molecular formula is C11H15ClO3. The zero-order valence-corrected chi connectivity index (χ0v) is 9.46. The summed E-state index contributed by atoms with van der Waals surface area (Å²) in [5.74, 6) is 0.701. The Morgan fingerprint density at radius 2 is 2.07 bits per heavy atom. The van der Waals surface area contributed by atoms with Gasteiger partial charge >= 0.3 is 0 Å². The lowest BCUT2D eigenvalue weighted by atomic mass is 10.2. The van der Waals surface area contributed by atoms with Crippen LogP contribution in [-0.4, -0.2) is 31.5 Å². The van der Waals surface area contributed by atoms with Gasteiger partial charge in [0, 0.05) is 0 Å². The summed E-state index contributed by atoms with van der Waals surface area (Å²) in [6.45, 7) is 3.20. The average Bonchev–Trinajstić information content (AvgIpc) is 2.21. The third kappa shape index (κ3) is 4.08. The molecule has 0 aromatic heterocycles. The smallest absolute Gasteiger partial charge is 0.140 e. The Balaban J connectivity index is 2.37. The summed E-state index contributed by atoms with van der Waals surface area (Å²) >= 11 is 5.96. The summed E-state index contributed by atoms with van der Waals surface area (Å²) in [5.41, 5.74) is 1.00. The van der Waals surface area contributed by atoms with Gasteiger partial charge in [0.1, 0.15) is 12.4 Å². The molecule has 0 amide bonds. The number of aryl methyl sites for hydroxylation is 1. The first-order chi connectivity index (χ1) is 7.25. The molecule has 0 radical (unpaired) electrons. The molecular weight excluding hydrogens is 216 g/mol. The predicted molar refractivity (Wildman–Crippen MR) is 59.6 cm³/mol. The first kappa shape index (κ1) is 12.3. The highest BCUT2D eigenvalue weighted by Crippen LogP contribution is 2.27. The van der Waals surface area contributed by atoms with Gasteiger partial charge in [-0.1, -0.05) is 23.7 Å². The molecule has 0 spiro atoms. The van der Waals surface area contributed by atoms with Crippen LogP contribution in [0.1, 0.15) is 5.56 Å². The van der Waals surface area contributed by atoms with Crippen molar-refractivity contribution >= 4 is 11.6 Å². The molecule has 1 rings (SSSR count). The maximum Gasteiger partial charge on any atom is 0.140 e. The minimum Gasteiger partial charge on any atom is -0.489 e. The fourth-order valence-corrected chi connectivity index (χ4v) is 1.45. The van der Waals surface area contributed by atoms with E-state index >= 15 is 0 Å². The normalized spacial score (nSPS) is 10.3. The van der Waals surface area contributed by atoms with Gasteiger partial charge < -0.3 is 14.6 Å². The Kier molecular flexibility index (Phi) is 5.47. The molecule has 3 nitrogen and oxygen atoms in total. The lowest BCUT2D eigenvalue weighted by Gasteiger charge is -2.10. The summed E-state index contributed by atoms with van der Waals surface area (Å²) in [6.07, 6.45) is 0. The zero-order chi connectivity index (χ0) is 11.1. The van der Waals surface area contributed by atoms with Crippen LogP contribution in [0.4, 0.5) is 0 Å². The third-order valence-corrected chi connectivity index (χ3v) is 2.17. The second-order valence-electron chi connectivity index (χ2n) is 3.07. The molecule has 84 valence electrons. The van der Waals surface area contributed by atoms with E-state index in [9.17, 15) is 0 Å². The summed E-state index contributed by atoms with van der Waals surface area (Å²) < 4.78 is 10.5. The largest absolute Gasteiger partial charge is 0.489 e. The van der Waals surface area contributed by atoms with Crippen molar-refractivity contribution in [1.29, 1.82) is 0 Å². The average molecular weight is 231 g/mol. The molecule has 0 aliphatic rings. The van der Waals surface area contributed by atoms with Crippen LogP contribution in [0.25, 0.3) is 0 Å². The number of aliphatic hydroxyl groups excluding tert-OH is 1. The van der Waals surface area contributed by atoms with Crippen LogP contribution in [0.15, 0.2) is 18.2 Å². The Morgan fingerprint density at radius 1 is 1.27 bits per heavy atom. The van der Waals surface area contributed by atoms with Crippen molar-refractivity contribution in [3.05, 3.63) is 28.8 Å².